The number of hydrogen-bond donors (Lipinski definition) is 1. The van der Waals surface area contributed by atoms with Crippen molar-refractivity contribution in [2.45, 2.75) is 18.9 Å². The zero-order valence-corrected chi connectivity index (χ0v) is 13.1. The summed E-state index contributed by atoms with van der Waals surface area (Å²) in [5.74, 6) is 0.0810. The van der Waals surface area contributed by atoms with Crippen LogP contribution < -0.4 is 5.32 Å². The van der Waals surface area contributed by atoms with Crippen molar-refractivity contribution in [3.8, 4) is 0 Å². The maximum Gasteiger partial charge on any atom is 0.253 e. The molecule has 1 unspecified atom stereocenters. The highest BCUT2D eigenvalue weighted by Gasteiger charge is 2.23. The standard InChI is InChI=1S/C14H19N5O.ClH/c1-15-11-4-3-7-19(9-11)14(20)10-5-6-13-12(8-10)16-17-18(13)2;/h5-6,8,11,15H,3-4,7,9H2,1-2H3;1H. The summed E-state index contributed by atoms with van der Waals surface area (Å²) in [6.07, 6.45) is 2.17. The number of likely N-dealkylation sites (tertiary alicyclic amines) is 1. The number of amides is 1. The lowest BCUT2D eigenvalue weighted by Crippen LogP contribution is -2.46. The fraction of sp³-hybridized carbons (Fsp3) is 0.500. The van der Waals surface area contributed by atoms with Gasteiger partial charge in [0, 0.05) is 31.7 Å². The molecule has 1 amide bonds. The van der Waals surface area contributed by atoms with Crippen molar-refractivity contribution in [2.75, 3.05) is 20.1 Å². The van der Waals surface area contributed by atoms with Gasteiger partial charge in [-0.1, -0.05) is 5.21 Å². The highest BCUT2D eigenvalue weighted by molar-refractivity contribution is 5.97. The van der Waals surface area contributed by atoms with Gasteiger partial charge in [-0.15, -0.1) is 17.5 Å². The normalized spacial score (nSPS) is 18.6. The summed E-state index contributed by atoms with van der Waals surface area (Å²) in [5.41, 5.74) is 2.39. The third kappa shape index (κ3) is 3.01. The van der Waals surface area contributed by atoms with Gasteiger partial charge in [0.05, 0.1) is 5.52 Å². The van der Waals surface area contributed by atoms with E-state index in [-0.39, 0.29) is 18.3 Å². The number of fused-ring (bicyclic) bond motifs is 1. The van der Waals surface area contributed by atoms with Crippen molar-refractivity contribution in [1.29, 1.82) is 0 Å². The number of benzene rings is 1. The molecular weight excluding hydrogens is 290 g/mol. The van der Waals surface area contributed by atoms with E-state index in [1.54, 1.807) is 4.68 Å². The molecule has 1 fully saturated rings. The van der Waals surface area contributed by atoms with Crippen LogP contribution in [0.15, 0.2) is 18.2 Å². The second-order valence-electron chi connectivity index (χ2n) is 5.30. The summed E-state index contributed by atoms with van der Waals surface area (Å²) in [7, 11) is 3.79. The van der Waals surface area contributed by atoms with E-state index in [4.69, 9.17) is 0 Å². The Kier molecular flexibility index (Phi) is 4.80. The minimum Gasteiger partial charge on any atom is -0.337 e. The van der Waals surface area contributed by atoms with Crippen molar-refractivity contribution in [3.63, 3.8) is 0 Å². The van der Waals surface area contributed by atoms with Crippen LogP contribution in [0.1, 0.15) is 23.2 Å². The number of aromatic nitrogens is 3. The van der Waals surface area contributed by atoms with E-state index in [1.165, 1.54) is 0 Å². The van der Waals surface area contributed by atoms with Crippen molar-refractivity contribution < 1.29 is 4.79 Å². The van der Waals surface area contributed by atoms with Crippen LogP contribution in [0, 0.1) is 0 Å². The van der Waals surface area contributed by atoms with Gasteiger partial charge in [-0.25, -0.2) is 4.68 Å². The molecule has 1 atom stereocenters. The molecule has 0 saturated carbocycles. The Morgan fingerprint density at radius 2 is 2.24 bits per heavy atom. The first kappa shape index (κ1) is 15.7. The highest BCUT2D eigenvalue weighted by atomic mass is 35.5. The molecule has 7 heteroatoms. The number of hydrogen-bond acceptors (Lipinski definition) is 4. The summed E-state index contributed by atoms with van der Waals surface area (Å²) in [5, 5.41) is 11.3. The van der Waals surface area contributed by atoms with E-state index >= 15 is 0 Å². The summed E-state index contributed by atoms with van der Waals surface area (Å²) < 4.78 is 1.71. The molecular formula is C14H20ClN5O. The predicted molar refractivity (Wildman–Crippen MR) is 83.7 cm³/mol. The van der Waals surface area contributed by atoms with Crippen LogP contribution in [-0.4, -0.2) is 52.0 Å². The molecule has 3 rings (SSSR count). The average Bonchev–Trinajstić information content (AvgIpc) is 2.87. The van der Waals surface area contributed by atoms with Crippen molar-refractivity contribution in [1.82, 2.24) is 25.2 Å². The quantitative estimate of drug-likeness (QED) is 0.906. The van der Waals surface area contributed by atoms with E-state index < -0.39 is 0 Å². The van der Waals surface area contributed by atoms with Crippen LogP contribution in [0.3, 0.4) is 0 Å². The Bertz CT molecular complexity index is 641. The van der Waals surface area contributed by atoms with Crippen molar-refractivity contribution in [2.24, 2.45) is 7.05 Å². The smallest absolute Gasteiger partial charge is 0.253 e. The van der Waals surface area contributed by atoms with Gasteiger partial charge in [0.15, 0.2) is 0 Å². The first-order valence-electron chi connectivity index (χ1n) is 6.95. The Hall–Kier alpha value is -1.66. The number of piperidine rings is 1. The van der Waals surface area contributed by atoms with E-state index in [2.05, 4.69) is 15.6 Å². The third-order valence-electron chi connectivity index (χ3n) is 3.97. The lowest BCUT2D eigenvalue weighted by molar-refractivity contribution is 0.0698. The second-order valence-corrected chi connectivity index (χ2v) is 5.30. The number of carbonyl (C=O) groups is 1. The largest absolute Gasteiger partial charge is 0.337 e. The van der Waals surface area contributed by atoms with Crippen LogP contribution >= 0.6 is 12.4 Å². The first-order valence-corrected chi connectivity index (χ1v) is 6.95. The fourth-order valence-electron chi connectivity index (χ4n) is 2.75. The molecule has 0 bridgehead atoms. The molecule has 1 aliphatic heterocycles. The maximum absolute atomic E-state index is 12.6. The second kappa shape index (κ2) is 6.41. The number of rotatable bonds is 2. The van der Waals surface area contributed by atoms with Crippen LogP contribution in [0.4, 0.5) is 0 Å². The molecule has 1 saturated heterocycles. The van der Waals surface area contributed by atoms with Crippen LogP contribution in [-0.2, 0) is 7.05 Å². The number of nitrogens with zero attached hydrogens (tertiary/aromatic N) is 4. The molecule has 2 aromatic rings. The Labute approximate surface area is 129 Å². The predicted octanol–water partition coefficient (Wildman–Crippen LogP) is 1.21. The lowest BCUT2D eigenvalue weighted by Gasteiger charge is -2.32. The first-order chi connectivity index (χ1) is 9.69. The fourth-order valence-corrected chi connectivity index (χ4v) is 2.75. The lowest BCUT2D eigenvalue weighted by atomic mass is 10.0. The van der Waals surface area contributed by atoms with Crippen LogP contribution in [0.2, 0.25) is 0 Å². The molecule has 1 N–H and O–H groups in total. The van der Waals surface area contributed by atoms with Gasteiger partial charge in [0.1, 0.15) is 5.52 Å². The van der Waals surface area contributed by atoms with Gasteiger partial charge in [-0.2, -0.15) is 0 Å². The number of nitrogens with one attached hydrogen (secondary N) is 1. The van der Waals surface area contributed by atoms with Crippen LogP contribution in [0.5, 0.6) is 0 Å². The van der Waals surface area contributed by atoms with Gasteiger partial charge in [-0.3, -0.25) is 4.79 Å². The molecule has 1 aliphatic rings. The molecule has 21 heavy (non-hydrogen) atoms. The van der Waals surface area contributed by atoms with Crippen LogP contribution in [0.25, 0.3) is 11.0 Å². The molecule has 114 valence electrons. The Morgan fingerprint density at radius 1 is 1.43 bits per heavy atom. The maximum atomic E-state index is 12.6. The monoisotopic (exact) mass is 309 g/mol. The summed E-state index contributed by atoms with van der Waals surface area (Å²) in [6.45, 7) is 1.60. The number of halogens is 1. The summed E-state index contributed by atoms with van der Waals surface area (Å²) in [6, 6.07) is 5.99. The molecule has 1 aromatic heterocycles. The average molecular weight is 310 g/mol. The van der Waals surface area contributed by atoms with E-state index in [0.717, 1.165) is 37.0 Å². The Balaban J connectivity index is 0.00000161. The molecule has 2 heterocycles. The molecule has 6 nitrogen and oxygen atoms in total. The third-order valence-corrected chi connectivity index (χ3v) is 3.97. The molecule has 0 spiro atoms. The number of likely N-dealkylation sites (N-methyl/N-ethyl adjacent to an activating group) is 1. The molecule has 1 aromatic carbocycles. The van der Waals surface area contributed by atoms with Gasteiger partial charge in [0.25, 0.3) is 5.91 Å². The number of carbonyl (C=O) groups excluding carboxylic acids is 1. The van der Waals surface area contributed by atoms with Gasteiger partial charge >= 0.3 is 0 Å². The van der Waals surface area contributed by atoms with E-state index in [0.29, 0.717) is 11.6 Å². The minimum absolute atomic E-state index is 0. The Morgan fingerprint density at radius 3 is 3.00 bits per heavy atom. The topological polar surface area (TPSA) is 63.1 Å². The molecule has 0 aliphatic carbocycles. The van der Waals surface area contributed by atoms with Crippen molar-refractivity contribution in [3.05, 3.63) is 23.8 Å². The number of aryl methyl sites for hydroxylation is 1. The zero-order chi connectivity index (χ0) is 14.1. The SMILES string of the molecule is CNC1CCCN(C(=O)c2ccc3c(c2)nnn3C)C1.Cl. The van der Waals surface area contributed by atoms with E-state index in [9.17, 15) is 4.79 Å². The minimum atomic E-state index is 0. The summed E-state index contributed by atoms with van der Waals surface area (Å²) >= 11 is 0. The molecule has 0 radical (unpaired) electrons. The van der Waals surface area contributed by atoms with Gasteiger partial charge in [0.2, 0.25) is 0 Å². The summed E-state index contributed by atoms with van der Waals surface area (Å²) in [4.78, 5) is 14.5. The van der Waals surface area contributed by atoms with Gasteiger partial charge < -0.3 is 10.2 Å². The van der Waals surface area contributed by atoms with Crippen molar-refractivity contribution >= 4 is 29.3 Å². The van der Waals surface area contributed by atoms with E-state index in [1.807, 2.05) is 37.2 Å². The zero-order valence-electron chi connectivity index (χ0n) is 12.2. The highest BCUT2D eigenvalue weighted by Crippen LogP contribution is 2.17. The van der Waals surface area contributed by atoms with Gasteiger partial charge in [-0.05, 0) is 38.1 Å².